The number of ether oxygens (including phenoxy) is 1. The van der Waals surface area contributed by atoms with Crippen LogP contribution in [0.3, 0.4) is 0 Å². The summed E-state index contributed by atoms with van der Waals surface area (Å²) in [5, 5.41) is 4.34. The van der Waals surface area contributed by atoms with E-state index in [1.54, 1.807) is 18.4 Å². The Labute approximate surface area is 118 Å². The van der Waals surface area contributed by atoms with Gasteiger partial charge in [0, 0.05) is 19.9 Å². The number of nitrogens with zero attached hydrogens (tertiary/aromatic N) is 1. The van der Waals surface area contributed by atoms with Crippen molar-refractivity contribution in [2.45, 2.75) is 20.5 Å². The van der Waals surface area contributed by atoms with Gasteiger partial charge in [0.1, 0.15) is 0 Å². The van der Waals surface area contributed by atoms with E-state index in [2.05, 4.69) is 48.4 Å². The fraction of sp³-hybridized carbons (Fsp3) is 0.400. The summed E-state index contributed by atoms with van der Waals surface area (Å²) in [5.74, 6) is 0.626. The molecule has 1 heterocycles. The third-order valence-electron chi connectivity index (χ3n) is 2.72. The predicted octanol–water partition coefficient (Wildman–Crippen LogP) is 4.02. The van der Waals surface area contributed by atoms with Crippen LogP contribution in [0.2, 0.25) is 0 Å². The maximum absolute atomic E-state index is 5.11. The van der Waals surface area contributed by atoms with E-state index in [1.807, 2.05) is 6.20 Å². The highest BCUT2D eigenvalue weighted by Crippen LogP contribution is 2.29. The molecular formula is C15H20N2OS. The summed E-state index contributed by atoms with van der Waals surface area (Å²) >= 11 is 1.69. The van der Waals surface area contributed by atoms with Gasteiger partial charge >= 0.3 is 0 Å². The van der Waals surface area contributed by atoms with Crippen molar-refractivity contribution >= 4 is 16.5 Å². The molecule has 0 radical (unpaired) electrons. The molecule has 19 heavy (non-hydrogen) atoms. The Balaban J connectivity index is 2.05. The van der Waals surface area contributed by atoms with Crippen LogP contribution in [0.15, 0.2) is 30.5 Å². The van der Waals surface area contributed by atoms with Crippen LogP contribution in [0.1, 0.15) is 19.4 Å². The molecule has 1 aromatic carbocycles. The molecule has 0 atom stereocenters. The molecule has 2 rings (SSSR count). The largest absolute Gasteiger partial charge is 0.380 e. The van der Waals surface area contributed by atoms with Crippen molar-refractivity contribution in [3.05, 3.63) is 36.0 Å². The molecule has 0 saturated carbocycles. The zero-order valence-electron chi connectivity index (χ0n) is 11.6. The highest BCUT2D eigenvalue weighted by atomic mass is 32.1. The molecule has 0 spiro atoms. The number of hydrogen-bond donors (Lipinski definition) is 1. The first-order chi connectivity index (χ1) is 9.19. The van der Waals surface area contributed by atoms with Crippen LogP contribution in [0, 0.1) is 5.92 Å². The van der Waals surface area contributed by atoms with E-state index in [0.29, 0.717) is 12.5 Å². The first-order valence-corrected chi connectivity index (χ1v) is 7.28. The van der Waals surface area contributed by atoms with E-state index in [9.17, 15) is 0 Å². The summed E-state index contributed by atoms with van der Waals surface area (Å²) in [7, 11) is 1.71. The van der Waals surface area contributed by atoms with Crippen molar-refractivity contribution in [1.29, 1.82) is 0 Å². The van der Waals surface area contributed by atoms with Crippen LogP contribution < -0.4 is 5.32 Å². The van der Waals surface area contributed by atoms with Crippen molar-refractivity contribution in [2.75, 3.05) is 19.0 Å². The summed E-state index contributed by atoms with van der Waals surface area (Å²) in [4.78, 5) is 5.60. The van der Waals surface area contributed by atoms with Crippen molar-refractivity contribution in [1.82, 2.24) is 4.98 Å². The van der Waals surface area contributed by atoms with Crippen LogP contribution in [0.5, 0.6) is 0 Å². The van der Waals surface area contributed by atoms with Crippen molar-refractivity contribution in [2.24, 2.45) is 5.92 Å². The van der Waals surface area contributed by atoms with Crippen molar-refractivity contribution < 1.29 is 4.74 Å². The van der Waals surface area contributed by atoms with Gasteiger partial charge in [0.2, 0.25) is 0 Å². The van der Waals surface area contributed by atoms with Gasteiger partial charge in [-0.05, 0) is 17.0 Å². The van der Waals surface area contributed by atoms with Gasteiger partial charge in [0.25, 0.3) is 0 Å². The van der Waals surface area contributed by atoms with Crippen molar-refractivity contribution in [3.8, 4) is 10.4 Å². The summed E-state index contributed by atoms with van der Waals surface area (Å²) < 4.78 is 5.11. The monoisotopic (exact) mass is 276 g/mol. The van der Waals surface area contributed by atoms with Gasteiger partial charge in [0.05, 0.1) is 11.5 Å². The van der Waals surface area contributed by atoms with Crippen LogP contribution >= 0.6 is 11.3 Å². The predicted molar refractivity (Wildman–Crippen MR) is 81.6 cm³/mol. The highest BCUT2D eigenvalue weighted by Gasteiger charge is 2.05. The van der Waals surface area contributed by atoms with Crippen LogP contribution in [-0.2, 0) is 11.3 Å². The maximum atomic E-state index is 5.11. The maximum Gasteiger partial charge on any atom is 0.183 e. The second-order valence-electron chi connectivity index (χ2n) is 4.93. The van der Waals surface area contributed by atoms with Crippen molar-refractivity contribution in [3.63, 3.8) is 0 Å². The Kier molecular flexibility index (Phi) is 4.93. The molecular weight excluding hydrogens is 256 g/mol. The number of anilines is 1. The standard InChI is InChI=1S/C15H20N2OS/c1-11(2)8-16-15-17-9-14(19-15)13-6-4-12(5-7-13)10-18-3/h4-7,9,11H,8,10H2,1-3H3,(H,16,17). The number of methoxy groups -OCH3 is 1. The first-order valence-electron chi connectivity index (χ1n) is 6.47. The number of benzene rings is 1. The van der Waals surface area contributed by atoms with Gasteiger partial charge in [-0.2, -0.15) is 0 Å². The van der Waals surface area contributed by atoms with Gasteiger partial charge in [-0.25, -0.2) is 4.98 Å². The van der Waals surface area contributed by atoms with Crippen LogP contribution in [-0.4, -0.2) is 18.6 Å². The summed E-state index contributed by atoms with van der Waals surface area (Å²) in [5.41, 5.74) is 2.39. The number of hydrogen-bond acceptors (Lipinski definition) is 4. The average Bonchev–Trinajstić information content (AvgIpc) is 2.86. The Morgan fingerprint density at radius 1 is 1.26 bits per heavy atom. The molecule has 0 fully saturated rings. The Morgan fingerprint density at radius 3 is 2.63 bits per heavy atom. The van der Waals surface area contributed by atoms with Gasteiger partial charge in [0.15, 0.2) is 5.13 Å². The van der Waals surface area contributed by atoms with E-state index < -0.39 is 0 Å². The van der Waals surface area contributed by atoms with Gasteiger partial charge in [-0.15, -0.1) is 0 Å². The minimum absolute atomic E-state index is 0.626. The molecule has 1 N–H and O–H groups in total. The summed E-state index contributed by atoms with van der Waals surface area (Å²) in [6, 6.07) is 8.43. The molecule has 3 nitrogen and oxygen atoms in total. The Morgan fingerprint density at radius 2 is 2.00 bits per heavy atom. The zero-order valence-corrected chi connectivity index (χ0v) is 12.5. The lowest BCUT2D eigenvalue weighted by molar-refractivity contribution is 0.185. The minimum atomic E-state index is 0.626. The van der Waals surface area contributed by atoms with E-state index in [4.69, 9.17) is 4.74 Å². The van der Waals surface area contributed by atoms with E-state index in [1.165, 1.54) is 16.0 Å². The molecule has 0 aliphatic heterocycles. The molecule has 0 aliphatic rings. The first kappa shape index (κ1) is 14.0. The number of nitrogens with one attached hydrogen (secondary N) is 1. The number of aromatic nitrogens is 1. The number of thiazole rings is 1. The molecule has 1 aromatic heterocycles. The Hall–Kier alpha value is -1.39. The molecule has 0 bridgehead atoms. The Bertz CT molecular complexity index is 505. The van der Waals surface area contributed by atoms with E-state index >= 15 is 0 Å². The topological polar surface area (TPSA) is 34.1 Å². The third kappa shape index (κ3) is 4.04. The number of rotatable bonds is 6. The molecule has 2 aromatic rings. The van der Waals surface area contributed by atoms with Crippen LogP contribution in [0.4, 0.5) is 5.13 Å². The smallest absolute Gasteiger partial charge is 0.183 e. The molecule has 0 saturated heterocycles. The highest BCUT2D eigenvalue weighted by molar-refractivity contribution is 7.18. The average molecular weight is 276 g/mol. The van der Waals surface area contributed by atoms with Crippen LogP contribution in [0.25, 0.3) is 10.4 Å². The normalized spacial score (nSPS) is 10.9. The zero-order chi connectivity index (χ0) is 13.7. The molecule has 102 valence electrons. The summed E-state index contributed by atoms with van der Waals surface area (Å²) in [6.07, 6.45) is 1.93. The fourth-order valence-corrected chi connectivity index (χ4v) is 2.54. The van der Waals surface area contributed by atoms with E-state index in [-0.39, 0.29) is 0 Å². The summed E-state index contributed by atoms with van der Waals surface area (Å²) in [6.45, 7) is 6.00. The second-order valence-corrected chi connectivity index (χ2v) is 5.96. The lowest BCUT2D eigenvalue weighted by Crippen LogP contribution is -2.07. The molecule has 0 amide bonds. The SMILES string of the molecule is COCc1ccc(-c2cnc(NCC(C)C)s2)cc1. The second kappa shape index (κ2) is 6.68. The quantitative estimate of drug-likeness (QED) is 0.865. The third-order valence-corrected chi connectivity index (χ3v) is 3.72. The van der Waals surface area contributed by atoms with Gasteiger partial charge in [-0.3, -0.25) is 0 Å². The van der Waals surface area contributed by atoms with E-state index in [0.717, 1.165) is 11.7 Å². The van der Waals surface area contributed by atoms with Gasteiger partial charge in [-0.1, -0.05) is 49.4 Å². The lowest BCUT2D eigenvalue weighted by Gasteiger charge is -2.04. The molecule has 0 aliphatic carbocycles. The molecule has 4 heteroatoms. The van der Waals surface area contributed by atoms with Gasteiger partial charge < -0.3 is 10.1 Å². The fourth-order valence-electron chi connectivity index (χ4n) is 1.71. The lowest BCUT2D eigenvalue weighted by atomic mass is 10.1. The minimum Gasteiger partial charge on any atom is -0.380 e. The molecule has 0 unspecified atom stereocenters.